The van der Waals surface area contributed by atoms with Crippen LogP contribution in [0.3, 0.4) is 0 Å². The Kier molecular flexibility index (Phi) is 5.98. The quantitative estimate of drug-likeness (QED) is 0.666. The van der Waals surface area contributed by atoms with Crippen LogP contribution in [0.1, 0.15) is 42.9 Å². The first-order valence-corrected chi connectivity index (χ1v) is 7.98. The van der Waals surface area contributed by atoms with Crippen LogP contribution in [0.15, 0.2) is 24.3 Å². The number of nitrogens with one attached hydrogen (secondary N) is 2. The van der Waals surface area contributed by atoms with Gasteiger partial charge in [0.15, 0.2) is 0 Å². The molecule has 2 amide bonds. The van der Waals surface area contributed by atoms with Crippen LogP contribution in [-0.4, -0.2) is 34.8 Å². The SMILES string of the molecule is Cc1ccccc1C(O)CNC(=O)NC1CCC(C(=O)O)CC1. The van der Waals surface area contributed by atoms with E-state index >= 15 is 0 Å². The lowest BCUT2D eigenvalue weighted by Crippen LogP contribution is -2.45. The summed E-state index contributed by atoms with van der Waals surface area (Å²) in [5.74, 6) is -1.05. The van der Waals surface area contributed by atoms with E-state index in [1.807, 2.05) is 31.2 Å². The second-order valence-electron chi connectivity index (χ2n) is 6.11. The van der Waals surface area contributed by atoms with Crippen LogP contribution in [0, 0.1) is 12.8 Å². The van der Waals surface area contributed by atoms with E-state index in [0.29, 0.717) is 25.7 Å². The molecule has 2 rings (SSSR count). The number of amides is 2. The second-order valence-corrected chi connectivity index (χ2v) is 6.11. The minimum absolute atomic E-state index is 0.00112. The number of aliphatic carboxylic acids is 1. The lowest BCUT2D eigenvalue weighted by atomic mass is 9.86. The highest BCUT2D eigenvalue weighted by Crippen LogP contribution is 2.24. The zero-order chi connectivity index (χ0) is 16.8. The van der Waals surface area contributed by atoms with E-state index < -0.39 is 12.1 Å². The van der Waals surface area contributed by atoms with Gasteiger partial charge in [-0.15, -0.1) is 0 Å². The van der Waals surface area contributed by atoms with Gasteiger partial charge >= 0.3 is 12.0 Å². The zero-order valence-electron chi connectivity index (χ0n) is 13.3. The van der Waals surface area contributed by atoms with Crippen molar-refractivity contribution in [3.05, 3.63) is 35.4 Å². The van der Waals surface area contributed by atoms with Crippen molar-refractivity contribution in [1.29, 1.82) is 0 Å². The molecule has 23 heavy (non-hydrogen) atoms. The molecule has 126 valence electrons. The molecule has 0 aliphatic heterocycles. The molecule has 0 saturated heterocycles. The van der Waals surface area contributed by atoms with E-state index in [1.54, 1.807) is 0 Å². The average molecular weight is 320 g/mol. The lowest BCUT2D eigenvalue weighted by Gasteiger charge is -2.27. The number of aliphatic hydroxyl groups excluding tert-OH is 1. The Morgan fingerprint density at radius 2 is 1.87 bits per heavy atom. The summed E-state index contributed by atoms with van der Waals surface area (Å²) in [5.41, 5.74) is 1.78. The number of aliphatic hydroxyl groups is 1. The molecule has 6 nitrogen and oxygen atoms in total. The highest BCUT2D eigenvalue weighted by Gasteiger charge is 2.26. The fourth-order valence-corrected chi connectivity index (χ4v) is 2.98. The second kappa shape index (κ2) is 7.97. The Labute approximate surface area is 135 Å². The highest BCUT2D eigenvalue weighted by molar-refractivity contribution is 5.74. The first-order chi connectivity index (χ1) is 11.0. The van der Waals surface area contributed by atoms with Crippen molar-refractivity contribution in [2.75, 3.05) is 6.54 Å². The maximum absolute atomic E-state index is 11.9. The summed E-state index contributed by atoms with van der Waals surface area (Å²) in [6.45, 7) is 2.06. The van der Waals surface area contributed by atoms with Gasteiger partial charge in [-0.25, -0.2) is 4.79 Å². The van der Waals surface area contributed by atoms with Crippen molar-refractivity contribution in [1.82, 2.24) is 10.6 Å². The molecule has 1 aliphatic rings. The van der Waals surface area contributed by atoms with Gasteiger partial charge in [-0.05, 0) is 43.7 Å². The number of carboxylic acids is 1. The molecule has 4 N–H and O–H groups in total. The summed E-state index contributed by atoms with van der Waals surface area (Å²) in [4.78, 5) is 22.8. The molecule has 1 aliphatic carbocycles. The number of carboxylic acid groups (broad SMARTS) is 1. The maximum atomic E-state index is 11.9. The maximum Gasteiger partial charge on any atom is 0.315 e. The van der Waals surface area contributed by atoms with E-state index in [9.17, 15) is 14.7 Å². The third kappa shape index (κ3) is 4.96. The van der Waals surface area contributed by atoms with E-state index in [0.717, 1.165) is 11.1 Å². The van der Waals surface area contributed by atoms with Gasteiger partial charge in [-0.2, -0.15) is 0 Å². The molecule has 0 aromatic heterocycles. The van der Waals surface area contributed by atoms with Gasteiger partial charge in [-0.1, -0.05) is 24.3 Å². The Bertz CT molecular complexity index is 553. The molecule has 0 radical (unpaired) electrons. The molecule has 1 saturated carbocycles. The summed E-state index contributed by atoms with van der Waals surface area (Å²) >= 11 is 0. The van der Waals surface area contributed by atoms with E-state index in [-0.39, 0.29) is 24.5 Å². The minimum atomic E-state index is -0.755. The molecular formula is C17H24N2O4. The molecule has 1 unspecified atom stereocenters. The van der Waals surface area contributed by atoms with Gasteiger partial charge in [0.05, 0.1) is 12.0 Å². The van der Waals surface area contributed by atoms with Crippen molar-refractivity contribution < 1.29 is 19.8 Å². The first-order valence-electron chi connectivity index (χ1n) is 7.98. The van der Waals surface area contributed by atoms with E-state index in [2.05, 4.69) is 10.6 Å². The molecular weight excluding hydrogens is 296 g/mol. The lowest BCUT2D eigenvalue weighted by molar-refractivity contribution is -0.142. The third-order valence-electron chi connectivity index (χ3n) is 4.42. The van der Waals surface area contributed by atoms with Gasteiger partial charge in [0.1, 0.15) is 0 Å². The molecule has 0 heterocycles. The molecule has 0 spiro atoms. The molecule has 1 atom stereocenters. The van der Waals surface area contributed by atoms with Gasteiger partial charge in [-0.3, -0.25) is 4.79 Å². The highest BCUT2D eigenvalue weighted by atomic mass is 16.4. The number of carbonyl (C=O) groups excluding carboxylic acids is 1. The van der Waals surface area contributed by atoms with Crippen LogP contribution in [-0.2, 0) is 4.79 Å². The van der Waals surface area contributed by atoms with Crippen molar-refractivity contribution in [3.8, 4) is 0 Å². The van der Waals surface area contributed by atoms with Gasteiger partial charge < -0.3 is 20.8 Å². The van der Waals surface area contributed by atoms with Crippen molar-refractivity contribution >= 4 is 12.0 Å². The number of rotatable bonds is 5. The number of benzene rings is 1. The largest absolute Gasteiger partial charge is 0.481 e. The zero-order valence-corrected chi connectivity index (χ0v) is 13.3. The van der Waals surface area contributed by atoms with Crippen LogP contribution in [0.4, 0.5) is 4.79 Å². The Morgan fingerprint density at radius 3 is 2.48 bits per heavy atom. The summed E-state index contributed by atoms with van der Waals surface area (Å²) < 4.78 is 0. The van der Waals surface area contributed by atoms with Crippen LogP contribution >= 0.6 is 0 Å². The van der Waals surface area contributed by atoms with Gasteiger partial charge in [0.25, 0.3) is 0 Å². The fraction of sp³-hybridized carbons (Fsp3) is 0.529. The predicted molar refractivity (Wildman–Crippen MR) is 86.1 cm³/mol. The van der Waals surface area contributed by atoms with Gasteiger partial charge in [0.2, 0.25) is 0 Å². The van der Waals surface area contributed by atoms with Crippen LogP contribution in [0.5, 0.6) is 0 Å². The van der Waals surface area contributed by atoms with Gasteiger partial charge in [0, 0.05) is 12.6 Å². The minimum Gasteiger partial charge on any atom is -0.481 e. The number of hydrogen-bond acceptors (Lipinski definition) is 3. The fourth-order valence-electron chi connectivity index (χ4n) is 2.98. The Hall–Kier alpha value is -2.08. The predicted octanol–water partition coefficient (Wildman–Crippen LogP) is 1.97. The molecule has 1 aromatic carbocycles. The van der Waals surface area contributed by atoms with Crippen molar-refractivity contribution in [2.45, 2.75) is 44.8 Å². The number of aryl methyl sites for hydroxylation is 1. The number of carbonyl (C=O) groups is 2. The summed E-state index contributed by atoms with van der Waals surface area (Å²) in [7, 11) is 0. The van der Waals surface area contributed by atoms with E-state index in [4.69, 9.17) is 5.11 Å². The normalized spacial score (nSPS) is 22.2. The standard InChI is InChI=1S/C17H24N2O4/c1-11-4-2-3-5-14(11)15(20)10-18-17(23)19-13-8-6-12(7-9-13)16(21)22/h2-5,12-13,15,20H,6-10H2,1H3,(H,21,22)(H2,18,19,23). The summed E-state index contributed by atoms with van der Waals surface area (Å²) in [6, 6.07) is 7.19. The van der Waals surface area contributed by atoms with E-state index in [1.165, 1.54) is 0 Å². The van der Waals surface area contributed by atoms with Crippen LogP contribution < -0.4 is 10.6 Å². The number of hydrogen-bond donors (Lipinski definition) is 4. The van der Waals surface area contributed by atoms with Crippen molar-refractivity contribution in [3.63, 3.8) is 0 Å². The topological polar surface area (TPSA) is 98.7 Å². The van der Waals surface area contributed by atoms with Crippen molar-refractivity contribution in [2.24, 2.45) is 5.92 Å². The molecule has 1 fully saturated rings. The smallest absolute Gasteiger partial charge is 0.315 e. The molecule has 1 aromatic rings. The number of urea groups is 1. The molecule has 6 heteroatoms. The van der Waals surface area contributed by atoms with Crippen LogP contribution in [0.25, 0.3) is 0 Å². The Balaban J connectivity index is 1.73. The summed E-state index contributed by atoms with van der Waals surface area (Å²) in [5, 5.41) is 24.6. The Morgan fingerprint density at radius 1 is 1.22 bits per heavy atom. The monoisotopic (exact) mass is 320 g/mol. The first kappa shape index (κ1) is 17.3. The average Bonchev–Trinajstić information content (AvgIpc) is 2.53. The van der Waals surface area contributed by atoms with Crippen LogP contribution in [0.2, 0.25) is 0 Å². The third-order valence-corrected chi connectivity index (χ3v) is 4.42. The molecule has 0 bridgehead atoms. The summed E-state index contributed by atoms with van der Waals surface area (Å²) in [6.07, 6.45) is 1.78.